The molecule has 0 aliphatic carbocycles. The van der Waals surface area contributed by atoms with Crippen molar-refractivity contribution < 1.29 is 40.9 Å². The SMILES string of the molecule is CC(=O)C1CCNC(C(C)=O)CCNC(C(C)=O)CCNC(C(C)=O)CC[N-]1.[Ti]. The molecule has 9 heteroatoms. The van der Waals surface area contributed by atoms with Gasteiger partial charge in [-0.15, -0.1) is 6.54 Å². The van der Waals surface area contributed by atoms with Gasteiger partial charge in [-0.3, -0.25) is 14.4 Å². The number of carbonyl (C=O) groups excluding carboxylic acids is 4. The molecule has 4 unspecified atom stereocenters. The fourth-order valence-electron chi connectivity index (χ4n) is 3.33. The Morgan fingerprint density at radius 3 is 1.38 bits per heavy atom. The van der Waals surface area contributed by atoms with Gasteiger partial charge in [0.1, 0.15) is 23.1 Å². The molecule has 0 aromatic carbocycles. The third-order valence-electron chi connectivity index (χ3n) is 5.16. The standard InChI is InChI=1S/C20H35N4O4.Ti/c1-13(25)17-5-9-22-19(15(3)27)7-11-24-20(16(4)28)8-12-23-18(14(2)26)6-10-21-17;/h17-23H,5-12H2,1-4H3;/q-1;. The second kappa shape index (κ2) is 15.1. The molecule has 29 heavy (non-hydrogen) atoms. The zero-order valence-corrected chi connectivity index (χ0v) is 19.6. The fourth-order valence-corrected chi connectivity index (χ4v) is 3.33. The number of Topliss-reactive ketones (excluding diaryl/α,β-unsaturated/α-hetero) is 4. The first-order valence-corrected chi connectivity index (χ1v) is 10.1. The van der Waals surface area contributed by atoms with Crippen LogP contribution < -0.4 is 16.0 Å². The van der Waals surface area contributed by atoms with Crippen molar-refractivity contribution >= 4 is 23.1 Å². The minimum absolute atomic E-state index is 0. The molecule has 0 bridgehead atoms. The maximum atomic E-state index is 11.9. The Morgan fingerprint density at radius 1 is 0.621 bits per heavy atom. The van der Waals surface area contributed by atoms with Crippen LogP contribution in [0.5, 0.6) is 0 Å². The van der Waals surface area contributed by atoms with Crippen LogP contribution in [-0.2, 0) is 40.9 Å². The van der Waals surface area contributed by atoms with Crippen LogP contribution in [0.2, 0.25) is 0 Å². The van der Waals surface area contributed by atoms with Crippen LogP contribution in [0.25, 0.3) is 5.32 Å². The molecule has 0 radical (unpaired) electrons. The topological polar surface area (TPSA) is 118 Å². The summed E-state index contributed by atoms with van der Waals surface area (Å²) in [4.78, 5) is 47.5. The number of hydrogen-bond donors (Lipinski definition) is 3. The van der Waals surface area contributed by atoms with E-state index in [-0.39, 0.29) is 63.0 Å². The van der Waals surface area contributed by atoms with Gasteiger partial charge in [-0.1, -0.05) is 12.5 Å². The number of nitrogens with zero attached hydrogens (tertiary/aromatic N) is 1. The van der Waals surface area contributed by atoms with Gasteiger partial charge in [-0.05, 0) is 66.6 Å². The van der Waals surface area contributed by atoms with Crippen LogP contribution in [0.1, 0.15) is 53.4 Å². The summed E-state index contributed by atoms with van der Waals surface area (Å²) < 4.78 is 0. The number of rotatable bonds is 4. The number of hydrogen-bond acceptors (Lipinski definition) is 7. The molecule has 1 fully saturated rings. The normalized spacial score (nSPS) is 28.0. The van der Waals surface area contributed by atoms with E-state index in [9.17, 15) is 19.2 Å². The molecule has 0 aromatic heterocycles. The van der Waals surface area contributed by atoms with Crippen molar-refractivity contribution in [1.29, 1.82) is 0 Å². The average Bonchev–Trinajstić information content (AvgIpc) is 2.60. The molecule has 1 aliphatic rings. The molecule has 0 saturated carbocycles. The summed E-state index contributed by atoms with van der Waals surface area (Å²) in [7, 11) is 0. The van der Waals surface area contributed by atoms with Crippen molar-refractivity contribution in [1.82, 2.24) is 16.0 Å². The molecule has 1 rings (SSSR count). The molecule has 0 aromatic rings. The third-order valence-corrected chi connectivity index (χ3v) is 5.16. The van der Waals surface area contributed by atoms with Gasteiger partial charge in [0.25, 0.3) is 0 Å². The Kier molecular flexibility index (Phi) is 14.7. The Hall–Kier alpha value is -0.766. The predicted octanol–water partition coefficient (Wildman–Crippen LogP) is 0.531. The van der Waals surface area contributed by atoms with Gasteiger partial charge in [0.05, 0.1) is 18.1 Å². The van der Waals surface area contributed by atoms with Crippen LogP contribution >= 0.6 is 0 Å². The minimum Gasteiger partial charge on any atom is -0.653 e. The number of carbonyl (C=O) groups is 4. The van der Waals surface area contributed by atoms with Gasteiger partial charge < -0.3 is 26.1 Å². The molecule has 8 nitrogen and oxygen atoms in total. The predicted molar refractivity (Wildman–Crippen MR) is 109 cm³/mol. The van der Waals surface area contributed by atoms with E-state index in [1.54, 1.807) is 6.92 Å². The molecule has 0 amide bonds. The third kappa shape index (κ3) is 11.3. The molecule has 1 heterocycles. The van der Waals surface area contributed by atoms with E-state index in [0.717, 1.165) is 0 Å². The maximum Gasteiger partial charge on any atom is 0.146 e. The van der Waals surface area contributed by atoms with Gasteiger partial charge in [0.2, 0.25) is 0 Å². The monoisotopic (exact) mass is 443 g/mol. The molecule has 1 aliphatic heterocycles. The van der Waals surface area contributed by atoms with E-state index in [1.165, 1.54) is 20.8 Å². The maximum absolute atomic E-state index is 11.9. The van der Waals surface area contributed by atoms with Crippen molar-refractivity contribution in [2.75, 3.05) is 26.2 Å². The fraction of sp³-hybridized carbons (Fsp3) is 0.800. The molecule has 3 N–H and O–H groups in total. The summed E-state index contributed by atoms with van der Waals surface area (Å²) in [6.07, 6.45) is 2.15. The van der Waals surface area contributed by atoms with Gasteiger partial charge in [0.15, 0.2) is 0 Å². The summed E-state index contributed by atoms with van der Waals surface area (Å²) in [5, 5.41) is 14.1. The average molecular weight is 443 g/mol. The quantitative estimate of drug-likeness (QED) is 0.543. The van der Waals surface area contributed by atoms with Gasteiger partial charge >= 0.3 is 0 Å². The molecule has 4 atom stereocenters. The zero-order chi connectivity index (χ0) is 21.1. The van der Waals surface area contributed by atoms with Crippen molar-refractivity contribution in [3.8, 4) is 0 Å². The van der Waals surface area contributed by atoms with Gasteiger partial charge in [-0.25, -0.2) is 0 Å². The van der Waals surface area contributed by atoms with Crippen LogP contribution in [0.4, 0.5) is 0 Å². The Balaban J connectivity index is 0.00000784. The molecular weight excluding hydrogens is 408 g/mol. The van der Waals surface area contributed by atoms with Crippen molar-refractivity contribution in [2.45, 2.75) is 77.5 Å². The van der Waals surface area contributed by atoms with Crippen LogP contribution in [-0.4, -0.2) is 73.5 Å². The second-order valence-electron chi connectivity index (χ2n) is 7.54. The number of ketones is 4. The van der Waals surface area contributed by atoms with E-state index >= 15 is 0 Å². The molecular formula is C20H35N4O4Ti-. The van der Waals surface area contributed by atoms with Gasteiger partial charge in [0, 0.05) is 21.7 Å². The van der Waals surface area contributed by atoms with Gasteiger partial charge in [-0.2, -0.15) is 0 Å². The number of nitrogens with one attached hydrogen (secondary N) is 3. The Bertz CT molecular complexity index is 447. The molecule has 164 valence electrons. The largest absolute Gasteiger partial charge is 0.653 e. The van der Waals surface area contributed by atoms with E-state index in [1.807, 2.05) is 0 Å². The van der Waals surface area contributed by atoms with Crippen molar-refractivity contribution in [3.05, 3.63) is 5.32 Å². The smallest absolute Gasteiger partial charge is 0.146 e. The van der Waals surface area contributed by atoms with Crippen molar-refractivity contribution in [3.63, 3.8) is 0 Å². The van der Waals surface area contributed by atoms with Crippen molar-refractivity contribution in [2.24, 2.45) is 0 Å². The Labute approximate surface area is 189 Å². The Morgan fingerprint density at radius 2 is 1.00 bits per heavy atom. The summed E-state index contributed by atoms with van der Waals surface area (Å²) in [6, 6.07) is -1.40. The first kappa shape index (κ1) is 28.2. The van der Waals surface area contributed by atoms with Crippen LogP contribution in [0.3, 0.4) is 0 Å². The van der Waals surface area contributed by atoms with E-state index in [4.69, 9.17) is 0 Å². The van der Waals surface area contributed by atoms with Crippen LogP contribution in [0, 0.1) is 0 Å². The molecule has 0 spiro atoms. The summed E-state index contributed by atoms with van der Waals surface area (Å²) >= 11 is 0. The first-order chi connectivity index (χ1) is 13.2. The summed E-state index contributed by atoms with van der Waals surface area (Å²) in [6.45, 7) is 8.09. The summed E-state index contributed by atoms with van der Waals surface area (Å²) in [5.41, 5.74) is 0. The van der Waals surface area contributed by atoms with E-state index in [2.05, 4.69) is 21.3 Å². The minimum atomic E-state index is -0.430. The van der Waals surface area contributed by atoms with E-state index < -0.39 is 6.04 Å². The first-order valence-electron chi connectivity index (χ1n) is 10.1. The molecule has 1 saturated heterocycles. The van der Waals surface area contributed by atoms with Crippen LogP contribution in [0.15, 0.2) is 0 Å². The zero-order valence-electron chi connectivity index (χ0n) is 18.0. The second-order valence-corrected chi connectivity index (χ2v) is 7.54. The summed E-state index contributed by atoms with van der Waals surface area (Å²) in [5.74, 6) is 0.0769. The van der Waals surface area contributed by atoms with E-state index in [0.29, 0.717) is 51.9 Å².